The average Bonchev–Trinajstić information content (AvgIpc) is 3.02. The van der Waals surface area contributed by atoms with E-state index in [-0.39, 0.29) is 5.25 Å². The number of nitrogens with zero attached hydrogens (tertiary/aromatic N) is 2. The molecule has 24 heavy (non-hydrogen) atoms. The number of benzene rings is 1. The minimum atomic E-state index is 0.0522. The van der Waals surface area contributed by atoms with E-state index in [1.54, 1.807) is 23.1 Å². The van der Waals surface area contributed by atoms with Crippen molar-refractivity contribution >= 4 is 39.1 Å². The van der Waals surface area contributed by atoms with Crippen molar-refractivity contribution in [2.45, 2.75) is 42.9 Å². The number of Topliss-reactive ketones (excluding diaryl/α,β-unsaturated/α-hetero) is 1. The minimum absolute atomic E-state index is 0.0522. The number of aromatic nitrogens is 2. The summed E-state index contributed by atoms with van der Waals surface area (Å²) < 4.78 is 0. The first kappa shape index (κ1) is 15.8. The van der Waals surface area contributed by atoms with E-state index in [2.05, 4.69) is 28.2 Å². The highest BCUT2D eigenvalue weighted by molar-refractivity contribution is 8.00. The molecule has 0 bridgehead atoms. The Morgan fingerprint density at radius 2 is 2.00 bits per heavy atom. The number of hydrogen-bond acceptors (Lipinski definition) is 5. The molecule has 0 amide bonds. The zero-order chi connectivity index (χ0) is 16.5. The normalized spacial score (nSPS) is 18.2. The number of fused-ring (bicyclic) bond motifs is 1. The molecule has 1 fully saturated rings. The predicted octanol–water partition coefficient (Wildman–Crippen LogP) is 5.27. The quantitative estimate of drug-likeness (QED) is 0.601. The fourth-order valence-corrected chi connectivity index (χ4v) is 5.46. The predicted molar refractivity (Wildman–Crippen MR) is 101 cm³/mol. The third kappa shape index (κ3) is 3.10. The van der Waals surface area contributed by atoms with Crippen molar-refractivity contribution in [3.63, 3.8) is 0 Å². The van der Waals surface area contributed by atoms with E-state index in [0.717, 1.165) is 40.3 Å². The van der Waals surface area contributed by atoms with Gasteiger partial charge in [0.2, 0.25) is 0 Å². The highest BCUT2D eigenvalue weighted by Gasteiger charge is 2.25. The highest BCUT2D eigenvalue weighted by atomic mass is 32.2. The third-order valence-corrected chi connectivity index (χ3v) is 6.68. The number of thiophene rings is 1. The maximum absolute atomic E-state index is 12.2. The van der Waals surface area contributed by atoms with Crippen molar-refractivity contribution in [2.24, 2.45) is 0 Å². The number of hydrogen-bond donors (Lipinski definition) is 0. The van der Waals surface area contributed by atoms with Crippen LogP contribution in [0.2, 0.25) is 0 Å². The molecular weight excluding hydrogens is 336 g/mol. The summed E-state index contributed by atoms with van der Waals surface area (Å²) in [6.07, 6.45) is 3.84. The molecule has 3 aromatic rings. The zero-order valence-corrected chi connectivity index (χ0v) is 15.1. The van der Waals surface area contributed by atoms with Crippen molar-refractivity contribution in [1.82, 2.24) is 9.97 Å². The summed E-state index contributed by atoms with van der Waals surface area (Å²) in [6.45, 7) is 1.92. The molecule has 2 heterocycles. The van der Waals surface area contributed by atoms with E-state index in [0.29, 0.717) is 12.2 Å². The van der Waals surface area contributed by atoms with Crippen LogP contribution >= 0.6 is 23.1 Å². The van der Waals surface area contributed by atoms with Gasteiger partial charge < -0.3 is 0 Å². The lowest BCUT2D eigenvalue weighted by molar-refractivity contribution is -0.119. The Labute approximate surface area is 149 Å². The van der Waals surface area contributed by atoms with Crippen LogP contribution in [0.1, 0.15) is 31.5 Å². The van der Waals surface area contributed by atoms with Gasteiger partial charge in [0.15, 0.2) is 0 Å². The molecule has 1 aliphatic rings. The maximum atomic E-state index is 12.2. The lowest BCUT2D eigenvalue weighted by atomic mass is 9.99. The molecule has 3 nitrogen and oxygen atoms in total. The van der Waals surface area contributed by atoms with Crippen molar-refractivity contribution < 1.29 is 4.79 Å². The van der Waals surface area contributed by atoms with E-state index >= 15 is 0 Å². The molecule has 0 aliphatic heterocycles. The summed E-state index contributed by atoms with van der Waals surface area (Å²) in [6, 6.07) is 12.5. The van der Waals surface area contributed by atoms with Gasteiger partial charge in [0.25, 0.3) is 0 Å². The van der Waals surface area contributed by atoms with Gasteiger partial charge in [-0.15, -0.1) is 11.3 Å². The summed E-state index contributed by atoms with van der Waals surface area (Å²) in [5.74, 6) is 1.14. The molecule has 1 saturated carbocycles. The molecule has 0 N–H and O–H groups in total. The second-order valence-corrected chi connectivity index (χ2v) is 8.31. The molecule has 122 valence electrons. The average molecular weight is 354 g/mol. The SMILES string of the molecule is Cc1nc(S[C@H]2CCCCC2=O)c2cc(-c3ccccc3)sc2n1. The van der Waals surface area contributed by atoms with E-state index in [1.165, 1.54) is 10.4 Å². The minimum Gasteiger partial charge on any atom is -0.298 e. The summed E-state index contributed by atoms with van der Waals surface area (Å²) in [7, 11) is 0. The Morgan fingerprint density at radius 3 is 2.79 bits per heavy atom. The van der Waals surface area contributed by atoms with Crippen LogP contribution < -0.4 is 0 Å². The second kappa shape index (κ2) is 6.65. The second-order valence-electron chi connectivity index (χ2n) is 6.09. The van der Waals surface area contributed by atoms with Gasteiger partial charge in [-0.2, -0.15) is 0 Å². The monoisotopic (exact) mass is 354 g/mol. The van der Waals surface area contributed by atoms with Gasteiger partial charge in [0, 0.05) is 16.7 Å². The van der Waals surface area contributed by atoms with Crippen LogP contribution in [-0.4, -0.2) is 21.0 Å². The summed E-state index contributed by atoms with van der Waals surface area (Å²) in [5, 5.41) is 2.08. The lowest BCUT2D eigenvalue weighted by Gasteiger charge is -2.19. The Bertz CT molecular complexity index is 889. The topological polar surface area (TPSA) is 42.9 Å². The molecule has 0 spiro atoms. The van der Waals surface area contributed by atoms with E-state index < -0.39 is 0 Å². The summed E-state index contributed by atoms with van der Waals surface area (Å²) in [4.78, 5) is 23.6. The van der Waals surface area contributed by atoms with Gasteiger partial charge in [-0.05, 0) is 31.4 Å². The fourth-order valence-electron chi connectivity index (χ4n) is 3.04. The van der Waals surface area contributed by atoms with Crippen molar-refractivity contribution in [2.75, 3.05) is 0 Å². The molecule has 2 aromatic heterocycles. The standard InChI is InChI=1S/C19H18N2OS2/c1-12-20-18(23-16-10-6-5-9-15(16)22)14-11-17(24-19(14)21-12)13-7-3-2-4-8-13/h2-4,7-8,11,16H,5-6,9-10H2,1H3/t16-/m0/s1. The number of carbonyl (C=O) groups excluding carboxylic acids is 1. The smallest absolute Gasteiger partial charge is 0.146 e. The van der Waals surface area contributed by atoms with Gasteiger partial charge >= 0.3 is 0 Å². The summed E-state index contributed by atoms with van der Waals surface area (Å²) in [5.41, 5.74) is 1.20. The van der Waals surface area contributed by atoms with Gasteiger partial charge in [0.1, 0.15) is 21.5 Å². The van der Waals surface area contributed by atoms with E-state index in [9.17, 15) is 4.79 Å². The molecule has 4 rings (SSSR count). The molecule has 1 aromatic carbocycles. The lowest BCUT2D eigenvalue weighted by Crippen LogP contribution is -2.21. The van der Waals surface area contributed by atoms with Crippen LogP contribution in [-0.2, 0) is 4.79 Å². The Kier molecular flexibility index (Phi) is 4.37. The number of ketones is 1. The van der Waals surface area contributed by atoms with Gasteiger partial charge in [-0.25, -0.2) is 9.97 Å². The molecule has 0 unspecified atom stereocenters. The zero-order valence-electron chi connectivity index (χ0n) is 13.5. The molecule has 1 aliphatic carbocycles. The largest absolute Gasteiger partial charge is 0.298 e. The van der Waals surface area contributed by atoms with Crippen molar-refractivity contribution in [3.8, 4) is 10.4 Å². The first-order valence-corrected chi connectivity index (χ1v) is 9.93. The molecule has 0 radical (unpaired) electrons. The fraction of sp³-hybridized carbons (Fsp3) is 0.316. The number of rotatable bonds is 3. The van der Waals surface area contributed by atoms with Crippen LogP contribution in [0.4, 0.5) is 0 Å². The van der Waals surface area contributed by atoms with Gasteiger partial charge in [0.05, 0.1) is 5.25 Å². The highest BCUT2D eigenvalue weighted by Crippen LogP contribution is 2.39. The van der Waals surface area contributed by atoms with Gasteiger partial charge in [-0.1, -0.05) is 48.5 Å². The Balaban J connectivity index is 1.74. The third-order valence-electron chi connectivity index (χ3n) is 4.28. The summed E-state index contributed by atoms with van der Waals surface area (Å²) >= 11 is 3.32. The molecule has 5 heteroatoms. The first-order valence-electron chi connectivity index (χ1n) is 8.24. The number of thioether (sulfide) groups is 1. The molecule has 1 atom stereocenters. The van der Waals surface area contributed by atoms with Gasteiger partial charge in [-0.3, -0.25) is 4.79 Å². The Hall–Kier alpha value is -1.72. The first-order chi connectivity index (χ1) is 11.7. The van der Waals surface area contributed by atoms with E-state index in [1.807, 2.05) is 25.1 Å². The van der Waals surface area contributed by atoms with Crippen LogP contribution in [0, 0.1) is 6.92 Å². The van der Waals surface area contributed by atoms with Crippen molar-refractivity contribution in [3.05, 3.63) is 42.2 Å². The van der Waals surface area contributed by atoms with Crippen LogP contribution in [0.15, 0.2) is 41.4 Å². The van der Waals surface area contributed by atoms with E-state index in [4.69, 9.17) is 0 Å². The number of aryl methyl sites for hydroxylation is 1. The van der Waals surface area contributed by atoms with Crippen LogP contribution in [0.5, 0.6) is 0 Å². The van der Waals surface area contributed by atoms with Crippen molar-refractivity contribution in [1.29, 1.82) is 0 Å². The maximum Gasteiger partial charge on any atom is 0.146 e. The van der Waals surface area contributed by atoms with Crippen LogP contribution in [0.3, 0.4) is 0 Å². The Morgan fingerprint density at radius 1 is 1.17 bits per heavy atom. The van der Waals surface area contributed by atoms with Crippen LogP contribution in [0.25, 0.3) is 20.7 Å². The molecule has 0 saturated heterocycles. The molecular formula is C19H18N2OS2. The number of carbonyl (C=O) groups is 1.